The second kappa shape index (κ2) is 6.53. The first kappa shape index (κ1) is 14.5. The van der Waals surface area contributed by atoms with Crippen molar-refractivity contribution in [3.63, 3.8) is 0 Å². The van der Waals surface area contributed by atoms with Crippen LogP contribution in [0.1, 0.15) is 36.4 Å². The van der Waals surface area contributed by atoms with Gasteiger partial charge >= 0.3 is 0 Å². The molecule has 1 N–H and O–H groups in total. The molecule has 2 heterocycles. The molecule has 0 bridgehead atoms. The van der Waals surface area contributed by atoms with Gasteiger partial charge in [0.1, 0.15) is 0 Å². The number of carbonyl (C=O) groups excluding carboxylic acids is 1. The number of amides is 1. The van der Waals surface area contributed by atoms with Crippen LogP contribution in [-0.4, -0.2) is 36.0 Å². The summed E-state index contributed by atoms with van der Waals surface area (Å²) in [5.74, 6) is 0.209. The van der Waals surface area contributed by atoms with Crippen LogP contribution in [0.5, 0.6) is 0 Å². The van der Waals surface area contributed by atoms with Crippen LogP contribution in [0.3, 0.4) is 0 Å². The lowest BCUT2D eigenvalue weighted by Gasteiger charge is -2.33. The van der Waals surface area contributed by atoms with E-state index in [-0.39, 0.29) is 5.91 Å². The number of hydrogen-bond donors (Lipinski definition) is 1. The van der Waals surface area contributed by atoms with Crippen molar-refractivity contribution in [1.82, 2.24) is 10.2 Å². The highest BCUT2D eigenvalue weighted by atomic mass is 32.1. The van der Waals surface area contributed by atoms with Gasteiger partial charge in [0.2, 0.25) is 5.91 Å². The van der Waals surface area contributed by atoms with Crippen LogP contribution < -0.4 is 5.32 Å². The van der Waals surface area contributed by atoms with Gasteiger partial charge in [0.15, 0.2) is 0 Å². The molecule has 1 unspecified atom stereocenters. The fourth-order valence-corrected chi connectivity index (χ4v) is 3.74. The zero-order valence-electron chi connectivity index (χ0n) is 12.1. The molecule has 0 spiro atoms. The van der Waals surface area contributed by atoms with Crippen LogP contribution in [0.15, 0.2) is 12.1 Å². The summed E-state index contributed by atoms with van der Waals surface area (Å²) < 4.78 is 0. The van der Waals surface area contributed by atoms with Crippen LogP contribution in [0.25, 0.3) is 0 Å². The summed E-state index contributed by atoms with van der Waals surface area (Å²) in [5, 5.41) is 3.70. The van der Waals surface area contributed by atoms with E-state index in [4.69, 9.17) is 0 Å². The summed E-state index contributed by atoms with van der Waals surface area (Å²) in [7, 11) is 0. The number of rotatable bonds is 4. The summed E-state index contributed by atoms with van der Waals surface area (Å²) in [6.07, 6.45) is 3.26. The molecular formula is C15H24N2OS. The minimum absolute atomic E-state index is 0.209. The van der Waals surface area contributed by atoms with Gasteiger partial charge in [-0.05, 0) is 45.2 Å². The molecule has 1 fully saturated rings. The van der Waals surface area contributed by atoms with Gasteiger partial charge in [0, 0.05) is 41.9 Å². The van der Waals surface area contributed by atoms with E-state index in [9.17, 15) is 4.79 Å². The van der Waals surface area contributed by atoms with Gasteiger partial charge in [-0.25, -0.2) is 0 Å². The third-order valence-corrected chi connectivity index (χ3v) is 4.79. The molecule has 2 rings (SSSR count). The van der Waals surface area contributed by atoms with Crippen LogP contribution in [0.4, 0.5) is 0 Å². The largest absolute Gasteiger partial charge is 0.343 e. The first-order valence-corrected chi connectivity index (χ1v) is 7.93. The Morgan fingerprint density at radius 2 is 2.16 bits per heavy atom. The quantitative estimate of drug-likeness (QED) is 0.919. The number of thiophene rings is 1. The Morgan fingerprint density at radius 1 is 1.47 bits per heavy atom. The average Bonchev–Trinajstić information content (AvgIpc) is 2.75. The smallest absolute Gasteiger partial charge is 0.219 e. The van der Waals surface area contributed by atoms with E-state index in [1.807, 2.05) is 16.2 Å². The van der Waals surface area contributed by atoms with Gasteiger partial charge < -0.3 is 10.2 Å². The first-order valence-electron chi connectivity index (χ1n) is 7.11. The van der Waals surface area contributed by atoms with Crippen LogP contribution >= 0.6 is 11.3 Å². The van der Waals surface area contributed by atoms with Crippen molar-refractivity contribution in [2.75, 3.05) is 13.1 Å². The molecule has 1 aromatic heterocycles. The molecule has 0 saturated carbocycles. The predicted octanol–water partition coefficient (Wildman–Crippen LogP) is 2.59. The summed E-state index contributed by atoms with van der Waals surface area (Å²) in [6.45, 7) is 7.88. The molecule has 106 valence electrons. The third kappa shape index (κ3) is 4.32. The minimum atomic E-state index is 0.209. The Hall–Kier alpha value is -0.870. The number of carbonyl (C=O) groups is 1. The van der Waals surface area contributed by atoms with Crippen molar-refractivity contribution >= 4 is 17.2 Å². The first-order chi connectivity index (χ1) is 9.04. The topological polar surface area (TPSA) is 32.3 Å². The molecular weight excluding hydrogens is 256 g/mol. The van der Waals surface area contributed by atoms with E-state index in [0.29, 0.717) is 12.1 Å². The maximum Gasteiger partial charge on any atom is 0.219 e. The highest BCUT2D eigenvalue weighted by molar-refractivity contribution is 7.11. The Bertz CT molecular complexity index is 422. The van der Waals surface area contributed by atoms with E-state index in [2.05, 4.69) is 31.3 Å². The molecule has 4 heteroatoms. The molecule has 1 aliphatic heterocycles. The zero-order valence-corrected chi connectivity index (χ0v) is 12.9. The molecule has 3 nitrogen and oxygen atoms in total. The molecule has 1 amide bonds. The van der Waals surface area contributed by atoms with Gasteiger partial charge in [-0.3, -0.25) is 4.79 Å². The zero-order chi connectivity index (χ0) is 13.8. The molecule has 19 heavy (non-hydrogen) atoms. The van der Waals surface area contributed by atoms with Crippen LogP contribution in [0, 0.1) is 6.92 Å². The molecule has 1 saturated heterocycles. The van der Waals surface area contributed by atoms with E-state index < -0.39 is 0 Å². The molecule has 0 aromatic carbocycles. The number of piperidine rings is 1. The lowest BCUT2D eigenvalue weighted by Crippen LogP contribution is -2.47. The number of aryl methyl sites for hydroxylation is 1. The van der Waals surface area contributed by atoms with Crippen LogP contribution in [0.2, 0.25) is 0 Å². The predicted molar refractivity (Wildman–Crippen MR) is 80.6 cm³/mol. The standard InChI is InChI=1S/C15H24N2OS/c1-11(10-15-5-4-12(2)19-15)16-14-6-8-17(9-7-14)13(3)18/h4-5,11,14,16H,6-10H2,1-3H3. The van der Waals surface area contributed by atoms with E-state index in [1.54, 1.807) is 6.92 Å². The van der Waals surface area contributed by atoms with Gasteiger partial charge in [-0.15, -0.1) is 11.3 Å². The van der Waals surface area contributed by atoms with E-state index in [0.717, 1.165) is 32.4 Å². The second-order valence-corrected chi connectivity index (χ2v) is 6.94. The number of likely N-dealkylation sites (tertiary alicyclic amines) is 1. The van der Waals surface area contributed by atoms with Crippen molar-refractivity contribution in [1.29, 1.82) is 0 Å². The van der Waals surface area contributed by atoms with Crippen molar-refractivity contribution < 1.29 is 4.79 Å². The highest BCUT2D eigenvalue weighted by Gasteiger charge is 2.21. The van der Waals surface area contributed by atoms with Crippen molar-refractivity contribution in [3.8, 4) is 0 Å². The summed E-state index contributed by atoms with van der Waals surface area (Å²) in [5.41, 5.74) is 0. The normalized spacial score (nSPS) is 18.6. The number of hydrogen-bond acceptors (Lipinski definition) is 3. The van der Waals surface area contributed by atoms with E-state index in [1.165, 1.54) is 9.75 Å². The lowest BCUT2D eigenvalue weighted by atomic mass is 10.0. The molecule has 1 atom stereocenters. The number of nitrogens with one attached hydrogen (secondary N) is 1. The van der Waals surface area contributed by atoms with Crippen LogP contribution in [-0.2, 0) is 11.2 Å². The molecule has 1 aromatic rings. The highest BCUT2D eigenvalue weighted by Crippen LogP contribution is 2.18. The molecule has 0 radical (unpaired) electrons. The van der Waals surface area contributed by atoms with Crippen molar-refractivity contribution in [2.45, 2.75) is 52.1 Å². The minimum Gasteiger partial charge on any atom is -0.343 e. The average molecular weight is 280 g/mol. The van der Waals surface area contributed by atoms with Crippen molar-refractivity contribution in [2.24, 2.45) is 0 Å². The fourth-order valence-electron chi connectivity index (χ4n) is 2.72. The monoisotopic (exact) mass is 280 g/mol. The summed E-state index contributed by atoms with van der Waals surface area (Å²) in [4.78, 5) is 16.1. The van der Waals surface area contributed by atoms with Gasteiger partial charge in [0.25, 0.3) is 0 Å². The Kier molecular flexibility index (Phi) is 4.99. The Balaban J connectivity index is 1.74. The maximum absolute atomic E-state index is 11.3. The molecule has 1 aliphatic rings. The SMILES string of the molecule is CC(=O)N1CCC(NC(C)Cc2ccc(C)s2)CC1. The van der Waals surface area contributed by atoms with Gasteiger partial charge in [-0.1, -0.05) is 0 Å². The van der Waals surface area contributed by atoms with E-state index >= 15 is 0 Å². The Labute approximate surface area is 120 Å². The second-order valence-electron chi connectivity index (χ2n) is 5.56. The van der Waals surface area contributed by atoms with Crippen molar-refractivity contribution in [3.05, 3.63) is 21.9 Å². The summed E-state index contributed by atoms with van der Waals surface area (Å²) >= 11 is 1.89. The van der Waals surface area contributed by atoms with Gasteiger partial charge in [0.05, 0.1) is 0 Å². The Morgan fingerprint density at radius 3 is 2.68 bits per heavy atom. The lowest BCUT2D eigenvalue weighted by molar-refractivity contribution is -0.129. The third-order valence-electron chi connectivity index (χ3n) is 3.76. The summed E-state index contributed by atoms with van der Waals surface area (Å²) in [6, 6.07) is 5.49. The number of nitrogens with zero attached hydrogens (tertiary/aromatic N) is 1. The maximum atomic E-state index is 11.3. The van der Waals surface area contributed by atoms with Gasteiger partial charge in [-0.2, -0.15) is 0 Å². The fraction of sp³-hybridized carbons (Fsp3) is 0.667. The molecule has 0 aliphatic carbocycles.